The number of piperidine rings is 1. The van der Waals surface area contributed by atoms with E-state index in [1.54, 1.807) is 17.0 Å². The van der Waals surface area contributed by atoms with Crippen molar-refractivity contribution in [1.82, 2.24) is 10.2 Å². The van der Waals surface area contributed by atoms with Crippen molar-refractivity contribution < 1.29 is 23.8 Å². The minimum atomic E-state index is -0.759. The number of phenolic OH excluding ortho intramolecular Hbond substituents is 1. The number of ether oxygens (including phenoxy) is 1. The van der Waals surface area contributed by atoms with E-state index in [2.05, 4.69) is 5.32 Å². The quantitative estimate of drug-likeness (QED) is 0.699. The van der Waals surface area contributed by atoms with Crippen LogP contribution in [-0.2, 0) is 4.79 Å². The van der Waals surface area contributed by atoms with Gasteiger partial charge in [0.05, 0.1) is 5.56 Å². The molecule has 0 bridgehead atoms. The van der Waals surface area contributed by atoms with Crippen molar-refractivity contribution in [1.29, 1.82) is 0 Å². The number of carbonyl (C=O) groups excluding carboxylic acids is 2. The zero-order valence-electron chi connectivity index (χ0n) is 17.5. The lowest BCUT2D eigenvalue weighted by atomic mass is 9.99. The summed E-state index contributed by atoms with van der Waals surface area (Å²) in [7, 11) is 0. The predicted molar refractivity (Wildman–Crippen MR) is 116 cm³/mol. The fraction of sp³-hybridized carbons (Fsp3) is 0.391. The van der Waals surface area contributed by atoms with Crippen molar-refractivity contribution in [3.8, 4) is 11.5 Å². The molecule has 1 fully saturated rings. The Morgan fingerprint density at radius 3 is 2.39 bits per heavy atom. The van der Waals surface area contributed by atoms with Gasteiger partial charge in [-0.3, -0.25) is 9.59 Å². The van der Waals surface area contributed by atoms with E-state index in [1.165, 1.54) is 6.07 Å². The molecule has 6 nitrogen and oxygen atoms in total. The van der Waals surface area contributed by atoms with Crippen molar-refractivity contribution in [2.75, 3.05) is 13.1 Å². The number of carbonyl (C=O) groups is 2. The van der Waals surface area contributed by atoms with Crippen LogP contribution in [0.4, 0.5) is 4.39 Å². The Kier molecular flexibility index (Phi) is 7.38. The SMILES string of the molecule is CC(C)[C@H](NC(=O)c1ccc(F)cc1O)C(=O)N1CCC(Oc2ccc(Cl)cc2)CC1. The summed E-state index contributed by atoms with van der Waals surface area (Å²) in [6, 6.07) is 9.56. The van der Waals surface area contributed by atoms with Gasteiger partial charge in [0.2, 0.25) is 5.91 Å². The van der Waals surface area contributed by atoms with Crippen molar-refractivity contribution in [3.63, 3.8) is 0 Å². The van der Waals surface area contributed by atoms with Gasteiger partial charge in [-0.15, -0.1) is 0 Å². The zero-order chi connectivity index (χ0) is 22.5. The summed E-state index contributed by atoms with van der Waals surface area (Å²) in [6.45, 7) is 4.70. The van der Waals surface area contributed by atoms with Gasteiger partial charge >= 0.3 is 0 Å². The molecule has 0 aliphatic carbocycles. The Balaban J connectivity index is 1.59. The number of hydrogen-bond donors (Lipinski definition) is 2. The fourth-order valence-electron chi connectivity index (χ4n) is 3.53. The first-order valence-corrected chi connectivity index (χ1v) is 10.6. The minimum absolute atomic E-state index is 0.00604. The Bertz CT molecular complexity index is 928. The minimum Gasteiger partial charge on any atom is -0.507 e. The molecule has 0 unspecified atom stereocenters. The van der Waals surface area contributed by atoms with Crippen LogP contribution in [0, 0.1) is 11.7 Å². The van der Waals surface area contributed by atoms with Crippen LogP contribution in [0.2, 0.25) is 5.02 Å². The van der Waals surface area contributed by atoms with E-state index in [-0.39, 0.29) is 23.5 Å². The molecule has 0 saturated carbocycles. The molecular weight excluding hydrogens is 423 g/mol. The third-order valence-electron chi connectivity index (χ3n) is 5.29. The molecule has 8 heteroatoms. The summed E-state index contributed by atoms with van der Waals surface area (Å²) in [5.41, 5.74) is -0.0741. The molecule has 166 valence electrons. The second kappa shape index (κ2) is 10.0. The van der Waals surface area contributed by atoms with E-state index >= 15 is 0 Å². The Hall–Kier alpha value is -2.80. The number of nitrogens with zero attached hydrogens (tertiary/aromatic N) is 1. The lowest BCUT2D eigenvalue weighted by molar-refractivity contribution is -0.136. The van der Waals surface area contributed by atoms with Crippen LogP contribution >= 0.6 is 11.6 Å². The molecule has 0 radical (unpaired) electrons. The van der Waals surface area contributed by atoms with Gasteiger partial charge in [0.1, 0.15) is 29.5 Å². The second-order valence-corrected chi connectivity index (χ2v) is 8.39. The average Bonchev–Trinajstić information content (AvgIpc) is 2.73. The number of amides is 2. The summed E-state index contributed by atoms with van der Waals surface area (Å²) < 4.78 is 19.2. The number of benzene rings is 2. The number of phenols is 1. The van der Waals surface area contributed by atoms with Gasteiger partial charge in [-0.1, -0.05) is 25.4 Å². The number of nitrogens with one attached hydrogen (secondary N) is 1. The van der Waals surface area contributed by atoms with Crippen LogP contribution in [0.15, 0.2) is 42.5 Å². The molecule has 31 heavy (non-hydrogen) atoms. The molecular formula is C23H26ClFN2O4. The van der Waals surface area contributed by atoms with E-state index in [0.717, 1.165) is 17.9 Å². The number of rotatable bonds is 6. The third-order valence-corrected chi connectivity index (χ3v) is 5.55. The van der Waals surface area contributed by atoms with Crippen molar-refractivity contribution in [3.05, 3.63) is 58.9 Å². The van der Waals surface area contributed by atoms with Gasteiger partial charge in [-0.25, -0.2) is 4.39 Å². The van der Waals surface area contributed by atoms with E-state index in [1.807, 2.05) is 26.0 Å². The normalized spacial score (nSPS) is 15.6. The first kappa shape index (κ1) is 22.9. The molecule has 1 heterocycles. The van der Waals surface area contributed by atoms with Gasteiger partial charge in [-0.2, -0.15) is 0 Å². The van der Waals surface area contributed by atoms with Crippen molar-refractivity contribution in [2.45, 2.75) is 38.8 Å². The first-order valence-electron chi connectivity index (χ1n) is 10.2. The monoisotopic (exact) mass is 448 g/mol. The van der Waals surface area contributed by atoms with Gasteiger partial charge in [0.25, 0.3) is 5.91 Å². The Labute approximate surface area is 186 Å². The summed E-state index contributed by atoms with van der Waals surface area (Å²) in [4.78, 5) is 27.4. The summed E-state index contributed by atoms with van der Waals surface area (Å²) in [5, 5.41) is 13.2. The summed E-state index contributed by atoms with van der Waals surface area (Å²) in [6.07, 6.45) is 1.34. The van der Waals surface area contributed by atoms with E-state index in [0.29, 0.717) is 31.0 Å². The maximum Gasteiger partial charge on any atom is 0.255 e. The molecule has 2 aromatic rings. The second-order valence-electron chi connectivity index (χ2n) is 7.95. The van der Waals surface area contributed by atoms with Crippen LogP contribution in [0.3, 0.4) is 0 Å². The van der Waals surface area contributed by atoms with Crippen LogP contribution in [0.1, 0.15) is 37.0 Å². The lowest BCUT2D eigenvalue weighted by Gasteiger charge is -2.35. The third kappa shape index (κ3) is 5.88. The van der Waals surface area contributed by atoms with Crippen LogP contribution in [0.25, 0.3) is 0 Å². The summed E-state index contributed by atoms with van der Waals surface area (Å²) >= 11 is 5.89. The molecule has 0 spiro atoms. The van der Waals surface area contributed by atoms with Crippen LogP contribution < -0.4 is 10.1 Å². The molecule has 1 aliphatic rings. The van der Waals surface area contributed by atoms with Gasteiger partial charge in [0.15, 0.2) is 0 Å². The van der Waals surface area contributed by atoms with Crippen molar-refractivity contribution in [2.24, 2.45) is 5.92 Å². The molecule has 1 atom stereocenters. The zero-order valence-corrected chi connectivity index (χ0v) is 18.2. The first-order chi connectivity index (χ1) is 14.7. The average molecular weight is 449 g/mol. The van der Waals surface area contributed by atoms with E-state index in [9.17, 15) is 19.1 Å². The molecule has 2 N–H and O–H groups in total. The maximum atomic E-state index is 13.2. The summed E-state index contributed by atoms with van der Waals surface area (Å²) in [5.74, 6) is -1.34. The Morgan fingerprint density at radius 1 is 1.16 bits per heavy atom. The van der Waals surface area contributed by atoms with Crippen LogP contribution in [-0.4, -0.2) is 47.1 Å². The van der Waals surface area contributed by atoms with Gasteiger partial charge < -0.3 is 20.1 Å². The van der Waals surface area contributed by atoms with Gasteiger partial charge in [-0.05, 0) is 42.3 Å². The Morgan fingerprint density at radius 2 is 1.81 bits per heavy atom. The topological polar surface area (TPSA) is 78.9 Å². The maximum absolute atomic E-state index is 13.2. The standard InChI is InChI=1S/C23H26ClFN2O4/c1-14(2)21(26-22(29)19-8-5-16(25)13-20(19)28)23(30)27-11-9-18(10-12-27)31-17-6-3-15(24)4-7-17/h3-8,13-14,18,21,28H,9-12H2,1-2H3,(H,26,29)/t21-/m0/s1. The highest BCUT2D eigenvalue weighted by molar-refractivity contribution is 6.30. The predicted octanol–water partition coefficient (Wildman–Crippen LogP) is 4.01. The lowest BCUT2D eigenvalue weighted by Crippen LogP contribution is -2.53. The highest BCUT2D eigenvalue weighted by Gasteiger charge is 2.32. The number of aromatic hydroxyl groups is 1. The van der Waals surface area contributed by atoms with Gasteiger partial charge in [0, 0.05) is 37.0 Å². The fourth-order valence-corrected chi connectivity index (χ4v) is 3.65. The molecule has 3 rings (SSSR count). The van der Waals surface area contributed by atoms with Crippen molar-refractivity contribution >= 4 is 23.4 Å². The number of hydrogen-bond acceptors (Lipinski definition) is 4. The largest absolute Gasteiger partial charge is 0.507 e. The molecule has 1 aliphatic heterocycles. The number of likely N-dealkylation sites (tertiary alicyclic amines) is 1. The van der Waals surface area contributed by atoms with E-state index in [4.69, 9.17) is 16.3 Å². The molecule has 1 saturated heterocycles. The molecule has 2 amide bonds. The highest BCUT2D eigenvalue weighted by atomic mass is 35.5. The smallest absolute Gasteiger partial charge is 0.255 e. The molecule has 2 aromatic carbocycles. The van der Waals surface area contributed by atoms with Crippen LogP contribution in [0.5, 0.6) is 11.5 Å². The van der Waals surface area contributed by atoms with E-state index < -0.39 is 23.5 Å². The molecule has 0 aromatic heterocycles. The highest BCUT2D eigenvalue weighted by Crippen LogP contribution is 2.23. The number of halogens is 2.